The summed E-state index contributed by atoms with van der Waals surface area (Å²) in [7, 11) is 0. The first-order valence-electron chi connectivity index (χ1n) is 12.9. The molecule has 0 aromatic rings. The van der Waals surface area contributed by atoms with Crippen LogP contribution in [0.2, 0.25) is 0 Å². The molecule has 0 fully saturated rings. The molecule has 0 radical (unpaired) electrons. The number of allylic oxidation sites excluding steroid dienone is 9. The quantitative estimate of drug-likeness (QED) is 0.115. The minimum absolute atomic E-state index is 0.115. The predicted octanol–water partition coefficient (Wildman–Crippen LogP) is 7.75. The number of hydrogen-bond acceptors (Lipinski definition) is 2. The molecule has 3 nitrogen and oxygen atoms in total. The van der Waals surface area contributed by atoms with E-state index in [2.05, 4.69) is 50.4 Å². The van der Waals surface area contributed by atoms with Crippen LogP contribution in [0.3, 0.4) is 0 Å². The Morgan fingerprint density at radius 2 is 1.19 bits per heavy atom. The maximum Gasteiger partial charge on any atom is 0.243 e. The van der Waals surface area contributed by atoms with Crippen LogP contribution in [0.1, 0.15) is 104 Å². The largest absolute Gasteiger partial charge is 0.388 e. The van der Waals surface area contributed by atoms with E-state index >= 15 is 0 Å². The molecule has 0 unspecified atom stereocenters. The summed E-state index contributed by atoms with van der Waals surface area (Å²) in [5.41, 5.74) is -0.775. The van der Waals surface area contributed by atoms with Crippen molar-refractivity contribution < 1.29 is 9.90 Å². The Bertz CT molecular complexity index is 574. The van der Waals surface area contributed by atoms with E-state index < -0.39 is 5.60 Å². The molecule has 1 amide bonds. The lowest BCUT2D eigenvalue weighted by molar-refractivity contribution is -0.118. The summed E-state index contributed by atoms with van der Waals surface area (Å²) in [6, 6.07) is 0. The van der Waals surface area contributed by atoms with Gasteiger partial charge in [0.25, 0.3) is 0 Å². The fraction of sp³-hybridized carbons (Fsp3) is 0.621. The first-order chi connectivity index (χ1) is 15.6. The smallest absolute Gasteiger partial charge is 0.243 e. The molecule has 0 aliphatic carbocycles. The van der Waals surface area contributed by atoms with Gasteiger partial charge in [0, 0.05) is 6.54 Å². The average molecular weight is 444 g/mol. The normalized spacial score (nSPS) is 13.0. The van der Waals surface area contributed by atoms with Crippen molar-refractivity contribution in [2.75, 3.05) is 6.54 Å². The Balaban J connectivity index is 4.13. The van der Waals surface area contributed by atoms with Crippen molar-refractivity contribution in [2.24, 2.45) is 0 Å². The second kappa shape index (κ2) is 22.3. The molecule has 0 aromatic heterocycles. The van der Waals surface area contributed by atoms with Crippen molar-refractivity contribution in [1.29, 1.82) is 0 Å². The molecule has 3 heteroatoms. The molecule has 0 rings (SSSR count). The minimum atomic E-state index is -0.775. The second-order valence-electron chi connectivity index (χ2n) is 8.60. The maximum absolute atomic E-state index is 12.1. The molecule has 182 valence electrons. The van der Waals surface area contributed by atoms with Gasteiger partial charge in [-0.25, -0.2) is 0 Å². The third-order valence-electron chi connectivity index (χ3n) is 5.40. The zero-order valence-corrected chi connectivity index (χ0v) is 21.0. The van der Waals surface area contributed by atoms with Gasteiger partial charge in [-0.1, -0.05) is 127 Å². The number of hydrogen-bond donors (Lipinski definition) is 2. The van der Waals surface area contributed by atoms with Gasteiger partial charge >= 0.3 is 0 Å². The van der Waals surface area contributed by atoms with Gasteiger partial charge in [-0.2, -0.15) is 0 Å². The van der Waals surface area contributed by atoms with Gasteiger partial charge in [0.05, 0.1) is 5.60 Å². The fourth-order valence-corrected chi connectivity index (χ4v) is 3.33. The SMILES string of the molecule is CCCCC=CC=CC=CC=CCCC=CC(=O)NCC(O)(CCCCC)CCCCC. The van der Waals surface area contributed by atoms with E-state index in [0.29, 0.717) is 6.54 Å². The van der Waals surface area contributed by atoms with Crippen molar-refractivity contribution in [3.05, 3.63) is 60.8 Å². The molecule has 0 aromatic carbocycles. The van der Waals surface area contributed by atoms with E-state index in [1.807, 2.05) is 30.4 Å². The van der Waals surface area contributed by atoms with Crippen molar-refractivity contribution in [2.45, 2.75) is 110 Å². The van der Waals surface area contributed by atoms with Crippen LogP contribution >= 0.6 is 0 Å². The summed E-state index contributed by atoms with van der Waals surface area (Å²) >= 11 is 0. The summed E-state index contributed by atoms with van der Waals surface area (Å²) in [5, 5.41) is 13.9. The van der Waals surface area contributed by atoms with E-state index in [4.69, 9.17) is 0 Å². The number of amides is 1. The lowest BCUT2D eigenvalue weighted by Gasteiger charge is -2.28. The maximum atomic E-state index is 12.1. The third-order valence-corrected chi connectivity index (χ3v) is 5.40. The van der Waals surface area contributed by atoms with Gasteiger partial charge in [-0.05, 0) is 38.2 Å². The number of unbranched alkanes of at least 4 members (excludes halogenated alkanes) is 7. The van der Waals surface area contributed by atoms with E-state index in [1.165, 1.54) is 12.8 Å². The molecule has 0 atom stereocenters. The first-order valence-corrected chi connectivity index (χ1v) is 12.9. The van der Waals surface area contributed by atoms with Crippen LogP contribution in [-0.2, 0) is 4.79 Å². The number of aliphatic hydroxyl groups is 1. The van der Waals surface area contributed by atoms with Gasteiger partial charge < -0.3 is 10.4 Å². The molecule has 0 heterocycles. The summed E-state index contributed by atoms with van der Waals surface area (Å²) in [6.45, 7) is 6.88. The topological polar surface area (TPSA) is 49.3 Å². The molecule has 0 aliphatic rings. The van der Waals surface area contributed by atoms with Gasteiger partial charge in [-0.3, -0.25) is 4.79 Å². The van der Waals surface area contributed by atoms with Crippen LogP contribution in [-0.4, -0.2) is 23.2 Å². The lowest BCUT2D eigenvalue weighted by atomic mass is 9.90. The number of rotatable bonds is 20. The van der Waals surface area contributed by atoms with E-state index in [1.54, 1.807) is 6.08 Å². The Hall–Kier alpha value is -1.87. The minimum Gasteiger partial charge on any atom is -0.388 e. The Labute approximate surface area is 198 Å². The van der Waals surface area contributed by atoms with Gasteiger partial charge in [0.15, 0.2) is 0 Å². The molecular formula is C29H49NO2. The van der Waals surface area contributed by atoms with E-state index in [0.717, 1.165) is 70.6 Å². The van der Waals surface area contributed by atoms with Crippen LogP contribution in [0.5, 0.6) is 0 Å². The predicted molar refractivity (Wildman–Crippen MR) is 141 cm³/mol. The molecule has 0 aliphatic heterocycles. The summed E-state index contributed by atoms with van der Waals surface area (Å²) in [6.07, 6.45) is 33.5. The van der Waals surface area contributed by atoms with Crippen molar-refractivity contribution in [1.82, 2.24) is 5.32 Å². The Kier molecular flexibility index (Phi) is 21.0. The zero-order chi connectivity index (χ0) is 23.8. The highest BCUT2D eigenvalue weighted by atomic mass is 16.3. The van der Waals surface area contributed by atoms with Crippen molar-refractivity contribution >= 4 is 5.91 Å². The van der Waals surface area contributed by atoms with E-state index in [-0.39, 0.29) is 5.91 Å². The molecule has 0 saturated carbocycles. The first kappa shape index (κ1) is 30.1. The third kappa shape index (κ3) is 20.1. The van der Waals surface area contributed by atoms with Gasteiger partial charge in [0.1, 0.15) is 0 Å². The molecule has 32 heavy (non-hydrogen) atoms. The lowest BCUT2D eigenvalue weighted by Crippen LogP contribution is -2.42. The zero-order valence-electron chi connectivity index (χ0n) is 21.0. The highest BCUT2D eigenvalue weighted by Gasteiger charge is 2.26. The van der Waals surface area contributed by atoms with Crippen LogP contribution in [0.15, 0.2) is 60.8 Å². The standard InChI is InChI=1S/C29H49NO2/c1-4-7-10-11-12-13-14-15-16-17-18-19-20-21-24-28(31)30-27-29(32,25-22-8-5-2)26-23-9-6-3/h11-18,21,24,32H,4-10,19-20,22-23,25-27H2,1-3H3,(H,30,31). The van der Waals surface area contributed by atoms with Crippen molar-refractivity contribution in [3.63, 3.8) is 0 Å². The molecule has 0 bridgehead atoms. The molecule has 0 saturated heterocycles. The molecule has 2 N–H and O–H groups in total. The van der Waals surface area contributed by atoms with E-state index in [9.17, 15) is 9.90 Å². The average Bonchev–Trinajstić information content (AvgIpc) is 2.78. The molecular weight excluding hydrogens is 394 g/mol. The summed E-state index contributed by atoms with van der Waals surface area (Å²) in [4.78, 5) is 12.1. The van der Waals surface area contributed by atoms with Crippen LogP contribution in [0.4, 0.5) is 0 Å². The van der Waals surface area contributed by atoms with Gasteiger partial charge in [0.2, 0.25) is 5.91 Å². The second-order valence-corrected chi connectivity index (χ2v) is 8.60. The van der Waals surface area contributed by atoms with Crippen molar-refractivity contribution in [3.8, 4) is 0 Å². The molecule has 0 spiro atoms. The monoisotopic (exact) mass is 443 g/mol. The number of nitrogens with one attached hydrogen (secondary N) is 1. The number of carbonyl (C=O) groups is 1. The van der Waals surface area contributed by atoms with Crippen LogP contribution < -0.4 is 5.32 Å². The number of carbonyl (C=O) groups excluding carboxylic acids is 1. The summed E-state index contributed by atoms with van der Waals surface area (Å²) < 4.78 is 0. The fourth-order valence-electron chi connectivity index (χ4n) is 3.33. The highest BCUT2D eigenvalue weighted by molar-refractivity contribution is 5.87. The van der Waals surface area contributed by atoms with Crippen LogP contribution in [0, 0.1) is 0 Å². The highest BCUT2D eigenvalue weighted by Crippen LogP contribution is 2.22. The Morgan fingerprint density at radius 1 is 0.688 bits per heavy atom. The van der Waals surface area contributed by atoms with Gasteiger partial charge in [-0.15, -0.1) is 0 Å². The van der Waals surface area contributed by atoms with Crippen LogP contribution in [0.25, 0.3) is 0 Å². The Morgan fingerprint density at radius 3 is 1.75 bits per heavy atom. The summed E-state index contributed by atoms with van der Waals surface area (Å²) in [5.74, 6) is -0.115.